The SMILES string of the molecule is COc1cc(NC(C)=O)c(Cl)cc1C(=O)N[C@H]1CCN(Cc2ccccn2)C[C@H]1OC(C)=O. The second-order valence-electron chi connectivity index (χ2n) is 7.79. The Morgan fingerprint density at radius 2 is 2.03 bits per heavy atom. The number of amides is 2. The third-order valence-electron chi connectivity index (χ3n) is 5.23. The lowest BCUT2D eigenvalue weighted by atomic mass is 10.0. The van der Waals surface area contributed by atoms with E-state index in [2.05, 4.69) is 20.5 Å². The van der Waals surface area contributed by atoms with Crippen LogP contribution in [0.15, 0.2) is 36.5 Å². The fourth-order valence-electron chi connectivity index (χ4n) is 3.77. The first-order valence-corrected chi connectivity index (χ1v) is 10.9. The van der Waals surface area contributed by atoms with Gasteiger partial charge >= 0.3 is 5.97 Å². The van der Waals surface area contributed by atoms with E-state index in [-0.39, 0.29) is 28.3 Å². The summed E-state index contributed by atoms with van der Waals surface area (Å²) in [5.41, 5.74) is 1.48. The summed E-state index contributed by atoms with van der Waals surface area (Å²) >= 11 is 6.25. The van der Waals surface area contributed by atoms with Crippen molar-refractivity contribution < 1.29 is 23.9 Å². The number of likely N-dealkylation sites (tertiary alicyclic amines) is 1. The number of carbonyl (C=O) groups is 3. The fraction of sp³-hybridized carbons (Fsp3) is 0.391. The summed E-state index contributed by atoms with van der Waals surface area (Å²) in [5, 5.41) is 5.76. The van der Waals surface area contributed by atoms with E-state index in [9.17, 15) is 14.4 Å². The highest BCUT2D eigenvalue weighted by Gasteiger charge is 2.33. The molecule has 176 valence electrons. The number of nitrogens with zero attached hydrogens (tertiary/aromatic N) is 2. The van der Waals surface area contributed by atoms with E-state index >= 15 is 0 Å². The highest BCUT2D eigenvalue weighted by molar-refractivity contribution is 6.34. The van der Waals surface area contributed by atoms with Gasteiger partial charge < -0.3 is 20.1 Å². The quantitative estimate of drug-likeness (QED) is 0.593. The van der Waals surface area contributed by atoms with Crippen LogP contribution in [0.5, 0.6) is 5.75 Å². The molecule has 9 nitrogen and oxygen atoms in total. The molecule has 0 bridgehead atoms. The van der Waals surface area contributed by atoms with Gasteiger partial charge in [0, 0.05) is 45.7 Å². The molecule has 3 rings (SSSR count). The molecule has 1 fully saturated rings. The maximum absolute atomic E-state index is 13.1. The zero-order valence-electron chi connectivity index (χ0n) is 18.8. The van der Waals surface area contributed by atoms with Crippen LogP contribution in [0.3, 0.4) is 0 Å². The number of rotatable bonds is 7. The van der Waals surface area contributed by atoms with Crippen molar-refractivity contribution in [2.75, 3.05) is 25.5 Å². The molecule has 0 saturated carbocycles. The standard InChI is InChI=1S/C23H27ClN4O5/c1-14(29)26-20-11-21(32-3)17(10-18(20)24)23(31)27-19-7-9-28(13-22(19)33-15(2)30)12-16-6-4-5-8-25-16/h4-6,8,10-11,19,22H,7,9,12-13H2,1-3H3,(H,26,29)(H,27,31)/t19-,22+/m0/s1. The van der Waals surface area contributed by atoms with E-state index in [1.54, 1.807) is 6.20 Å². The van der Waals surface area contributed by atoms with Gasteiger partial charge in [-0.05, 0) is 24.6 Å². The van der Waals surface area contributed by atoms with Crippen molar-refractivity contribution in [1.82, 2.24) is 15.2 Å². The van der Waals surface area contributed by atoms with Crippen molar-refractivity contribution >= 4 is 35.1 Å². The minimum Gasteiger partial charge on any atom is -0.496 e. The lowest BCUT2D eigenvalue weighted by Crippen LogP contribution is -2.55. The van der Waals surface area contributed by atoms with Crippen molar-refractivity contribution in [2.24, 2.45) is 0 Å². The van der Waals surface area contributed by atoms with E-state index < -0.39 is 18.0 Å². The van der Waals surface area contributed by atoms with Gasteiger partial charge in [-0.15, -0.1) is 0 Å². The van der Waals surface area contributed by atoms with E-state index in [0.29, 0.717) is 31.7 Å². The Morgan fingerprint density at radius 1 is 1.24 bits per heavy atom. The van der Waals surface area contributed by atoms with Gasteiger partial charge in [0.25, 0.3) is 5.91 Å². The number of esters is 1. The molecular formula is C23H27ClN4O5. The summed E-state index contributed by atoms with van der Waals surface area (Å²) in [6.45, 7) is 4.48. The topological polar surface area (TPSA) is 110 Å². The maximum Gasteiger partial charge on any atom is 0.303 e. The number of carbonyl (C=O) groups excluding carboxylic acids is 3. The average Bonchev–Trinajstić information content (AvgIpc) is 2.76. The molecule has 33 heavy (non-hydrogen) atoms. The Bertz CT molecular complexity index is 1020. The molecule has 0 aliphatic carbocycles. The Balaban J connectivity index is 1.74. The minimum atomic E-state index is -0.524. The summed E-state index contributed by atoms with van der Waals surface area (Å²) < 4.78 is 10.9. The van der Waals surface area contributed by atoms with Gasteiger partial charge in [-0.2, -0.15) is 0 Å². The zero-order chi connectivity index (χ0) is 24.0. The number of benzene rings is 1. The molecule has 0 unspecified atom stereocenters. The molecule has 1 aromatic heterocycles. The first kappa shape index (κ1) is 24.5. The van der Waals surface area contributed by atoms with Gasteiger partial charge in [-0.3, -0.25) is 24.3 Å². The average molecular weight is 475 g/mol. The normalized spacial score (nSPS) is 18.3. The second-order valence-corrected chi connectivity index (χ2v) is 8.19. The molecule has 2 heterocycles. The van der Waals surface area contributed by atoms with Crippen LogP contribution < -0.4 is 15.4 Å². The van der Waals surface area contributed by atoms with Crippen LogP contribution in [0, 0.1) is 0 Å². The summed E-state index contributed by atoms with van der Waals surface area (Å²) in [4.78, 5) is 42.6. The van der Waals surface area contributed by atoms with Crippen LogP contribution in [0.1, 0.15) is 36.3 Å². The molecular weight excluding hydrogens is 448 g/mol. The second kappa shape index (κ2) is 11.1. The predicted molar refractivity (Wildman–Crippen MR) is 123 cm³/mol. The third-order valence-corrected chi connectivity index (χ3v) is 5.55. The van der Waals surface area contributed by atoms with E-state index in [0.717, 1.165) is 5.69 Å². The number of pyridine rings is 1. The van der Waals surface area contributed by atoms with Crippen molar-refractivity contribution in [3.63, 3.8) is 0 Å². The van der Waals surface area contributed by atoms with Crippen molar-refractivity contribution in [3.8, 4) is 5.75 Å². The highest BCUT2D eigenvalue weighted by Crippen LogP contribution is 2.31. The number of methoxy groups -OCH3 is 1. The molecule has 2 amide bonds. The van der Waals surface area contributed by atoms with Crippen LogP contribution in [-0.2, 0) is 20.9 Å². The number of piperidine rings is 1. The summed E-state index contributed by atoms with van der Waals surface area (Å²) in [5.74, 6) is -0.863. The number of aromatic nitrogens is 1. The Morgan fingerprint density at radius 3 is 2.67 bits per heavy atom. The number of hydrogen-bond acceptors (Lipinski definition) is 7. The van der Waals surface area contributed by atoms with E-state index in [4.69, 9.17) is 21.1 Å². The lowest BCUT2D eigenvalue weighted by molar-refractivity contribution is -0.150. The summed E-state index contributed by atoms with van der Waals surface area (Å²) in [6.07, 6.45) is 1.79. The number of halogens is 1. The van der Waals surface area contributed by atoms with Crippen LogP contribution in [0.2, 0.25) is 5.02 Å². The molecule has 2 aromatic rings. The Hall–Kier alpha value is -3.17. The Labute approximate surface area is 197 Å². The van der Waals surface area contributed by atoms with Gasteiger partial charge in [0.15, 0.2) is 0 Å². The third kappa shape index (κ3) is 6.66. The molecule has 1 aliphatic heterocycles. The first-order valence-electron chi connectivity index (χ1n) is 10.5. The highest BCUT2D eigenvalue weighted by atomic mass is 35.5. The molecule has 10 heteroatoms. The largest absolute Gasteiger partial charge is 0.496 e. The molecule has 2 N–H and O–H groups in total. The van der Waals surface area contributed by atoms with Crippen molar-refractivity contribution in [2.45, 2.75) is 39.0 Å². The predicted octanol–water partition coefficient (Wildman–Crippen LogP) is 2.64. The smallest absolute Gasteiger partial charge is 0.303 e. The van der Waals surface area contributed by atoms with Gasteiger partial charge in [-0.1, -0.05) is 17.7 Å². The maximum atomic E-state index is 13.1. The molecule has 1 aliphatic rings. The zero-order valence-corrected chi connectivity index (χ0v) is 19.5. The summed E-state index contributed by atoms with van der Waals surface area (Å²) in [7, 11) is 1.43. The van der Waals surface area contributed by atoms with Gasteiger partial charge in [0.1, 0.15) is 11.9 Å². The van der Waals surface area contributed by atoms with Crippen LogP contribution >= 0.6 is 11.6 Å². The minimum absolute atomic E-state index is 0.206. The van der Waals surface area contributed by atoms with E-state index in [1.165, 1.54) is 33.1 Å². The first-order chi connectivity index (χ1) is 15.8. The lowest BCUT2D eigenvalue weighted by Gasteiger charge is -2.38. The van der Waals surface area contributed by atoms with Gasteiger partial charge in [0.2, 0.25) is 5.91 Å². The van der Waals surface area contributed by atoms with Crippen LogP contribution in [0.25, 0.3) is 0 Å². The molecule has 2 atom stereocenters. The number of ether oxygens (including phenoxy) is 2. The molecule has 0 spiro atoms. The fourth-order valence-corrected chi connectivity index (χ4v) is 3.98. The number of hydrogen-bond donors (Lipinski definition) is 2. The van der Waals surface area contributed by atoms with Crippen LogP contribution in [-0.4, -0.2) is 60.0 Å². The molecule has 1 aromatic carbocycles. The van der Waals surface area contributed by atoms with Gasteiger partial charge in [0.05, 0.1) is 35.1 Å². The van der Waals surface area contributed by atoms with Gasteiger partial charge in [-0.25, -0.2) is 0 Å². The number of nitrogens with one attached hydrogen (secondary N) is 2. The van der Waals surface area contributed by atoms with E-state index in [1.807, 2.05) is 18.2 Å². The van der Waals surface area contributed by atoms with Crippen molar-refractivity contribution in [3.05, 3.63) is 52.8 Å². The monoisotopic (exact) mass is 474 g/mol. The number of anilines is 1. The summed E-state index contributed by atoms with van der Waals surface area (Å²) in [6, 6.07) is 8.27. The Kier molecular flexibility index (Phi) is 8.24. The molecule has 0 radical (unpaired) electrons. The van der Waals surface area contributed by atoms with Crippen LogP contribution in [0.4, 0.5) is 5.69 Å². The molecule has 1 saturated heterocycles. The van der Waals surface area contributed by atoms with Crippen molar-refractivity contribution in [1.29, 1.82) is 0 Å².